The molecule has 2 aromatic heterocycles. The Kier molecular flexibility index (Phi) is 4.56. The molecule has 8 heteroatoms. The Morgan fingerprint density at radius 2 is 1.77 bits per heavy atom. The number of sulfonamides is 1. The molecule has 0 atom stereocenters. The molecule has 7 nitrogen and oxygen atoms in total. The van der Waals surface area contributed by atoms with Crippen molar-refractivity contribution in [3.8, 4) is 0 Å². The van der Waals surface area contributed by atoms with Gasteiger partial charge in [-0.25, -0.2) is 18.1 Å². The minimum Gasteiger partial charge on any atom is -0.352 e. The number of hydrogen-bond donors (Lipinski definition) is 1. The first-order valence-electron chi connectivity index (χ1n) is 8.82. The van der Waals surface area contributed by atoms with Gasteiger partial charge in [-0.2, -0.15) is 0 Å². The summed E-state index contributed by atoms with van der Waals surface area (Å²) in [5.41, 5.74) is 3.19. The van der Waals surface area contributed by atoms with Gasteiger partial charge in [0.2, 0.25) is 10.0 Å². The van der Waals surface area contributed by atoms with Gasteiger partial charge in [-0.15, -0.1) is 0 Å². The molecule has 0 bridgehead atoms. The number of piperazine rings is 1. The van der Waals surface area contributed by atoms with Crippen molar-refractivity contribution in [2.45, 2.75) is 0 Å². The summed E-state index contributed by atoms with van der Waals surface area (Å²) in [6.07, 6.45) is 2.07. The molecule has 3 heterocycles. The third-order valence-corrected chi connectivity index (χ3v) is 6.35. The van der Waals surface area contributed by atoms with E-state index < -0.39 is 10.0 Å². The fraction of sp³-hybridized carbons (Fsp3) is 0.389. The van der Waals surface area contributed by atoms with Gasteiger partial charge in [0.05, 0.1) is 22.3 Å². The van der Waals surface area contributed by atoms with Gasteiger partial charge in [0, 0.05) is 38.9 Å². The molecule has 1 N–H and O–H groups in total. The second-order valence-electron chi connectivity index (χ2n) is 6.54. The maximum absolute atomic E-state index is 11.6. The van der Waals surface area contributed by atoms with Crippen molar-refractivity contribution in [1.82, 2.24) is 19.0 Å². The summed E-state index contributed by atoms with van der Waals surface area (Å²) < 4.78 is 27.8. The summed E-state index contributed by atoms with van der Waals surface area (Å²) in [4.78, 5) is 9.40. The monoisotopic (exact) mass is 373 g/mol. The number of nitrogens with one attached hydrogen (secondary N) is 1. The minimum atomic E-state index is -3.15. The predicted molar refractivity (Wildman–Crippen MR) is 104 cm³/mol. The number of benzene rings is 1. The van der Waals surface area contributed by atoms with Crippen LogP contribution in [-0.2, 0) is 10.0 Å². The highest BCUT2D eigenvalue weighted by Crippen LogP contribution is 2.26. The lowest BCUT2D eigenvalue weighted by Gasteiger charge is -2.35. The molecule has 1 aliphatic heterocycles. The molecule has 138 valence electrons. The van der Waals surface area contributed by atoms with Crippen LogP contribution in [0, 0.1) is 0 Å². The van der Waals surface area contributed by atoms with E-state index in [4.69, 9.17) is 4.98 Å². The topological polar surface area (TPSA) is 70.0 Å². The first-order valence-corrected chi connectivity index (χ1v) is 10.5. The van der Waals surface area contributed by atoms with Crippen LogP contribution in [0.3, 0.4) is 0 Å². The Hall–Kier alpha value is -2.16. The number of anilines is 1. The smallest absolute Gasteiger partial charge is 0.212 e. The van der Waals surface area contributed by atoms with E-state index in [-0.39, 0.29) is 5.75 Å². The number of nitrogens with zero attached hydrogens (tertiary/aromatic N) is 4. The Balaban J connectivity index is 1.53. The largest absolute Gasteiger partial charge is 0.352 e. The second kappa shape index (κ2) is 6.86. The Bertz CT molecular complexity index is 1020. The van der Waals surface area contributed by atoms with Crippen molar-refractivity contribution in [1.29, 1.82) is 0 Å². The maximum atomic E-state index is 11.6. The van der Waals surface area contributed by atoms with E-state index in [0.717, 1.165) is 48.5 Å². The third-order valence-electron chi connectivity index (χ3n) is 5.00. The summed E-state index contributed by atoms with van der Waals surface area (Å²) in [6, 6.07) is 12.3. The lowest BCUT2D eigenvalue weighted by atomic mass is 10.2. The predicted octanol–water partition coefficient (Wildman–Crippen LogP) is 1.16. The molecule has 0 radical (unpaired) electrons. The van der Waals surface area contributed by atoms with Crippen LogP contribution in [0.4, 0.5) is 5.82 Å². The van der Waals surface area contributed by atoms with E-state index in [1.807, 2.05) is 24.3 Å². The highest BCUT2D eigenvalue weighted by atomic mass is 32.2. The van der Waals surface area contributed by atoms with Crippen LogP contribution >= 0.6 is 0 Å². The first-order chi connectivity index (χ1) is 12.6. The molecule has 1 fully saturated rings. The van der Waals surface area contributed by atoms with Gasteiger partial charge >= 0.3 is 0 Å². The van der Waals surface area contributed by atoms with E-state index >= 15 is 0 Å². The average molecular weight is 373 g/mol. The van der Waals surface area contributed by atoms with Crippen LogP contribution in [-0.4, -0.2) is 68.2 Å². The summed E-state index contributed by atoms with van der Waals surface area (Å²) in [6.45, 7) is 3.90. The second-order valence-corrected chi connectivity index (χ2v) is 8.59. The van der Waals surface area contributed by atoms with E-state index in [2.05, 4.69) is 37.3 Å². The van der Waals surface area contributed by atoms with Crippen LogP contribution in [0.5, 0.6) is 0 Å². The van der Waals surface area contributed by atoms with E-state index in [1.54, 1.807) is 0 Å². The van der Waals surface area contributed by atoms with Crippen molar-refractivity contribution in [3.05, 3.63) is 42.6 Å². The van der Waals surface area contributed by atoms with E-state index in [0.29, 0.717) is 6.54 Å². The molecular weight excluding hydrogens is 350 g/mol. The fourth-order valence-electron chi connectivity index (χ4n) is 3.47. The lowest BCUT2D eigenvalue weighted by Crippen LogP contribution is -2.48. The van der Waals surface area contributed by atoms with E-state index in [1.165, 1.54) is 7.05 Å². The maximum Gasteiger partial charge on any atom is 0.212 e. The fourth-order valence-corrected chi connectivity index (χ4v) is 4.18. The van der Waals surface area contributed by atoms with Crippen LogP contribution in [0.15, 0.2) is 42.6 Å². The number of fused-ring (bicyclic) bond motifs is 3. The minimum absolute atomic E-state index is 0.140. The molecule has 0 aliphatic carbocycles. The van der Waals surface area contributed by atoms with Gasteiger partial charge in [0.25, 0.3) is 0 Å². The van der Waals surface area contributed by atoms with Crippen LogP contribution in [0.2, 0.25) is 0 Å². The van der Waals surface area contributed by atoms with Crippen molar-refractivity contribution in [3.63, 3.8) is 0 Å². The van der Waals surface area contributed by atoms with Gasteiger partial charge in [0.1, 0.15) is 0 Å². The zero-order valence-electron chi connectivity index (χ0n) is 14.8. The lowest BCUT2D eigenvalue weighted by molar-refractivity contribution is 0.271. The molecule has 1 aliphatic rings. The number of rotatable bonds is 5. The Labute approximate surface area is 153 Å². The molecule has 1 aromatic carbocycles. The van der Waals surface area contributed by atoms with Crippen molar-refractivity contribution < 1.29 is 8.42 Å². The molecule has 0 saturated carbocycles. The molecule has 1 saturated heterocycles. The Morgan fingerprint density at radius 3 is 2.54 bits per heavy atom. The third kappa shape index (κ3) is 3.27. The molecule has 4 rings (SSSR count). The molecule has 26 heavy (non-hydrogen) atoms. The molecule has 0 spiro atoms. The quantitative estimate of drug-likeness (QED) is 0.727. The number of hydrogen-bond acceptors (Lipinski definition) is 5. The SMILES string of the molecule is CNS(=O)(=O)CCN1CCN(c2nc3ccccc3n3cccc23)CC1. The zero-order chi connectivity index (χ0) is 18.1. The van der Waals surface area contributed by atoms with Crippen molar-refractivity contribution in [2.24, 2.45) is 0 Å². The van der Waals surface area contributed by atoms with Crippen LogP contribution < -0.4 is 9.62 Å². The first kappa shape index (κ1) is 17.3. The van der Waals surface area contributed by atoms with Crippen LogP contribution in [0.25, 0.3) is 16.6 Å². The van der Waals surface area contributed by atoms with Gasteiger partial charge < -0.3 is 9.30 Å². The number of aromatic nitrogens is 2. The molecule has 0 unspecified atom stereocenters. The van der Waals surface area contributed by atoms with Crippen molar-refractivity contribution >= 4 is 32.4 Å². The summed E-state index contributed by atoms with van der Waals surface area (Å²) >= 11 is 0. The highest BCUT2D eigenvalue weighted by molar-refractivity contribution is 7.89. The summed E-state index contributed by atoms with van der Waals surface area (Å²) in [5.74, 6) is 1.14. The standard InChI is InChI=1S/C18H23N5O2S/c1-19-26(24,25)14-13-21-9-11-22(12-10-21)18-17-7-4-8-23(17)16-6-3-2-5-15(16)20-18/h2-8,19H,9-14H2,1H3. The average Bonchev–Trinajstić information content (AvgIpc) is 3.16. The summed E-state index contributed by atoms with van der Waals surface area (Å²) in [7, 11) is -1.69. The van der Waals surface area contributed by atoms with Gasteiger partial charge in [-0.3, -0.25) is 4.90 Å². The van der Waals surface area contributed by atoms with Crippen LogP contribution in [0.1, 0.15) is 0 Å². The van der Waals surface area contributed by atoms with Gasteiger partial charge in [-0.1, -0.05) is 12.1 Å². The van der Waals surface area contributed by atoms with Crippen molar-refractivity contribution in [2.75, 3.05) is 50.4 Å². The Morgan fingerprint density at radius 1 is 1.04 bits per heavy atom. The molecule has 0 amide bonds. The molecule has 3 aromatic rings. The normalized spacial score (nSPS) is 16.6. The van der Waals surface area contributed by atoms with E-state index in [9.17, 15) is 8.42 Å². The molecular formula is C18H23N5O2S. The highest BCUT2D eigenvalue weighted by Gasteiger charge is 2.22. The van der Waals surface area contributed by atoms with Gasteiger partial charge in [-0.05, 0) is 31.3 Å². The zero-order valence-corrected chi connectivity index (χ0v) is 15.6. The van der Waals surface area contributed by atoms with Gasteiger partial charge in [0.15, 0.2) is 5.82 Å². The number of para-hydroxylation sites is 2. The summed E-state index contributed by atoms with van der Waals surface area (Å²) in [5, 5.41) is 0.